The van der Waals surface area contributed by atoms with Crippen molar-refractivity contribution in [2.45, 2.75) is 12.6 Å². The maximum absolute atomic E-state index is 9.92. The van der Waals surface area contributed by atoms with Crippen LogP contribution in [-0.2, 0) is 6.61 Å². The van der Waals surface area contributed by atoms with Gasteiger partial charge in [-0.15, -0.1) is 0 Å². The number of benzene rings is 2. The molecule has 1 saturated heterocycles. The Morgan fingerprint density at radius 2 is 1.84 bits per heavy atom. The SMILES string of the molecule is COc1ccc([C@@H](CO)N2CCNCC2)cc1OCc1ccccc1. The summed E-state index contributed by atoms with van der Waals surface area (Å²) in [6, 6.07) is 16.0. The van der Waals surface area contributed by atoms with Crippen molar-refractivity contribution in [3.63, 3.8) is 0 Å². The number of nitrogens with one attached hydrogen (secondary N) is 1. The lowest BCUT2D eigenvalue weighted by atomic mass is 10.0. The van der Waals surface area contributed by atoms with Crippen LogP contribution in [0.2, 0.25) is 0 Å². The highest BCUT2D eigenvalue weighted by Crippen LogP contribution is 2.32. The van der Waals surface area contributed by atoms with E-state index in [1.807, 2.05) is 48.5 Å². The zero-order valence-electron chi connectivity index (χ0n) is 14.6. The van der Waals surface area contributed by atoms with Gasteiger partial charge in [0.2, 0.25) is 0 Å². The van der Waals surface area contributed by atoms with E-state index in [1.54, 1.807) is 7.11 Å². The smallest absolute Gasteiger partial charge is 0.161 e. The first-order valence-corrected chi connectivity index (χ1v) is 8.72. The normalized spacial score (nSPS) is 16.4. The first-order chi connectivity index (χ1) is 12.3. The van der Waals surface area contributed by atoms with Crippen LogP contribution in [0.25, 0.3) is 0 Å². The van der Waals surface area contributed by atoms with E-state index in [4.69, 9.17) is 9.47 Å². The summed E-state index contributed by atoms with van der Waals surface area (Å²) < 4.78 is 11.4. The molecule has 134 valence electrons. The third-order valence-electron chi connectivity index (χ3n) is 4.57. The Bertz CT molecular complexity index is 657. The molecule has 5 heteroatoms. The number of aliphatic hydroxyl groups excluding tert-OH is 1. The number of methoxy groups -OCH3 is 1. The molecule has 2 aromatic carbocycles. The minimum atomic E-state index is -0.0212. The molecule has 25 heavy (non-hydrogen) atoms. The summed E-state index contributed by atoms with van der Waals surface area (Å²) in [5, 5.41) is 13.3. The van der Waals surface area contributed by atoms with Crippen molar-refractivity contribution in [2.75, 3.05) is 39.9 Å². The molecule has 5 nitrogen and oxygen atoms in total. The second kappa shape index (κ2) is 8.85. The fourth-order valence-corrected chi connectivity index (χ4v) is 3.17. The van der Waals surface area contributed by atoms with Crippen molar-refractivity contribution in [1.29, 1.82) is 0 Å². The van der Waals surface area contributed by atoms with Gasteiger partial charge in [-0.05, 0) is 23.3 Å². The van der Waals surface area contributed by atoms with Crippen LogP contribution in [0.4, 0.5) is 0 Å². The summed E-state index contributed by atoms with van der Waals surface area (Å²) in [5.74, 6) is 1.41. The van der Waals surface area contributed by atoms with Gasteiger partial charge in [0.1, 0.15) is 6.61 Å². The topological polar surface area (TPSA) is 54.0 Å². The summed E-state index contributed by atoms with van der Waals surface area (Å²) >= 11 is 0. The van der Waals surface area contributed by atoms with E-state index in [0.29, 0.717) is 18.1 Å². The lowest BCUT2D eigenvalue weighted by Gasteiger charge is -2.34. The van der Waals surface area contributed by atoms with Crippen molar-refractivity contribution in [1.82, 2.24) is 10.2 Å². The van der Waals surface area contributed by atoms with Gasteiger partial charge in [-0.25, -0.2) is 0 Å². The highest BCUT2D eigenvalue weighted by Gasteiger charge is 2.22. The fourth-order valence-electron chi connectivity index (χ4n) is 3.17. The van der Waals surface area contributed by atoms with Gasteiger partial charge in [0.05, 0.1) is 19.8 Å². The second-order valence-electron chi connectivity index (χ2n) is 6.17. The van der Waals surface area contributed by atoms with E-state index in [-0.39, 0.29) is 12.6 Å². The highest BCUT2D eigenvalue weighted by atomic mass is 16.5. The van der Waals surface area contributed by atoms with Crippen LogP contribution in [0.1, 0.15) is 17.2 Å². The summed E-state index contributed by atoms with van der Waals surface area (Å²) in [6.45, 7) is 4.32. The van der Waals surface area contributed by atoms with Gasteiger partial charge in [0.15, 0.2) is 11.5 Å². The summed E-state index contributed by atoms with van der Waals surface area (Å²) in [7, 11) is 1.64. The van der Waals surface area contributed by atoms with Gasteiger partial charge >= 0.3 is 0 Å². The van der Waals surface area contributed by atoms with Crippen LogP contribution < -0.4 is 14.8 Å². The number of hydrogen-bond acceptors (Lipinski definition) is 5. The predicted molar refractivity (Wildman–Crippen MR) is 98.0 cm³/mol. The minimum absolute atomic E-state index is 0.0212. The Hall–Kier alpha value is -2.08. The molecule has 1 fully saturated rings. The van der Waals surface area contributed by atoms with Gasteiger partial charge in [0, 0.05) is 26.2 Å². The van der Waals surface area contributed by atoms with E-state index < -0.39 is 0 Å². The van der Waals surface area contributed by atoms with Crippen LogP contribution in [0.5, 0.6) is 11.5 Å². The van der Waals surface area contributed by atoms with Crippen LogP contribution in [0.15, 0.2) is 48.5 Å². The van der Waals surface area contributed by atoms with Gasteiger partial charge in [-0.2, -0.15) is 0 Å². The van der Waals surface area contributed by atoms with E-state index in [0.717, 1.165) is 37.3 Å². The van der Waals surface area contributed by atoms with E-state index in [9.17, 15) is 5.11 Å². The van der Waals surface area contributed by atoms with Crippen molar-refractivity contribution < 1.29 is 14.6 Å². The maximum Gasteiger partial charge on any atom is 0.161 e. The number of nitrogens with zero attached hydrogens (tertiary/aromatic N) is 1. The van der Waals surface area contributed by atoms with E-state index >= 15 is 0 Å². The van der Waals surface area contributed by atoms with Gasteiger partial charge in [-0.3, -0.25) is 4.90 Å². The molecule has 1 heterocycles. The molecule has 0 amide bonds. The average Bonchev–Trinajstić information content (AvgIpc) is 2.69. The lowest BCUT2D eigenvalue weighted by Crippen LogP contribution is -2.46. The molecule has 0 aromatic heterocycles. The van der Waals surface area contributed by atoms with Crippen molar-refractivity contribution in [3.8, 4) is 11.5 Å². The van der Waals surface area contributed by atoms with Crippen molar-refractivity contribution >= 4 is 0 Å². The lowest BCUT2D eigenvalue weighted by molar-refractivity contribution is 0.110. The van der Waals surface area contributed by atoms with E-state index in [1.165, 1.54) is 0 Å². The second-order valence-corrected chi connectivity index (χ2v) is 6.17. The zero-order chi connectivity index (χ0) is 17.5. The molecule has 0 radical (unpaired) electrons. The molecule has 2 N–H and O–H groups in total. The number of aliphatic hydroxyl groups is 1. The third-order valence-corrected chi connectivity index (χ3v) is 4.57. The zero-order valence-corrected chi connectivity index (χ0v) is 14.6. The van der Waals surface area contributed by atoms with Crippen LogP contribution in [0.3, 0.4) is 0 Å². The molecule has 0 saturated carbocycles. The molecular weight excluding hydrogens is 316 g/mol. The molecule has 0 bridgehead atoms. The minimum Gasteiger partial charge on any atom is -0.493 e. The van der Waals surface area contributed by atoms with Crippen molar-refractivity contribution in [2.24, 2.45) is 0 Å². The molecule has 1 atom stereocenters. The summed E-state index contributed by atoms with van der Waals surface area (Å²) in [6.07, 6.45) is 0. The molecule has 3 rings (SSSR count). The maximum atomic E-state index is 9.92. The first kappa shape index (κ1) is 17.7. The van der Waals surface area contributed by atoms with Crippen molar-refractivity contribution in [3.05, 3.63) is 59.7 Å². The molecule has 2 aromatic rings. The van der Waals surface area contributed by atoms with E-state index in [2.05, 4.69) is 10.2 Å². The fraction of sp³-hybridized carbons (Fsp3) is 0.400. The van der Waals surface area contributed by atoms with Gasteiger partial charge in [-0.1, -0.05) is 36.4 Å². The Balaban J connectivity index is 1.78. The third kappa shape index (κ3) is 4.51. The molecular formula is C20H26N2O3. The summed E-state index contributed by atoms with van der Waals surface area (Å²) in [4.78, 5) is 2.30. The Kier molecular flexibility index (Phi) is 6.28. The van der Waals surface area contributed by atoms with Crippen LogP contribution in [-0.4, -0.2) is 49.9 Å². The average molecular weight is 342 g/mol. The number of hydrogen-bond donors (Lipinski definition) is 2. The highest BCUT2D eigenvalue weighted by molar-refractivity contribution is 5.44. The number of ether oxygens (including phenoxy) is 2. The molecule has 0 spiro atoms. The molecule has 1 aliphatic rings. The Morgan fingerprint density at radius 1 is 1.08 bits per heavy atom. The van der Waals surface area contributed by atoms with Gasteiger partial charge < -0.3 is 19.9 Å². The number of rotatable bonds is 7. The number of piperazine rings is 1. The predicted octanol–water partition coefficient (Wildman–Crippen LogP) is 2.21. The monoisotopic (exact) mass is 342 g/mol. The molecule has 0 unspecified atom stereocenters. The first-order valence-electron chi connectivity index (χ1n) is 8.72. The van der Waals surface area contributed by atoms with Crippen LogP contribution >= 0.6 is 0 Å². The quantitative estimate of drug-likeness (QED) is 0.808. The largest absolute Gasteiger partial charge is 0.493 e. The van der Waals surface area contributed by atoms with Crippen LogP contribution in [0, 0.1) is 0 Å². The Morgan fingerprint density at radius 3 is 2.52 bits per heavy atom. The molecule has 0 aliphatic carbocycles. The molecule has 1 aliphatic heterocycles. The van der Waals surface area contributed by atoms with Gasteiger partial charge in [0.25, 0.3) is 0 Å². The Labute approximate surface area is 149 Å². The summed E-state index contributed by atoms with van der Waals surface area (Å²) in [5.41, 5.74) is 2.16. The standard InChI is InChI=1S/C20H26N2O3/c1-24-19-8-7-17(18(14-23)22-11-9-21-10-12-22)13-20(19)25-15-16-5-3-2-4-6-16/h2-8,13,18,21,23H,9-12,14-15H2,1H3/t18-/m1/s1.